The van der Waals surface area contributed by atoms with E-state index >= 15 is 0 Å². The van der Waals surface area contributed by atoms with Crippen LogP contribution in [0.1, 0.15) is 12.1 Å². The lowest BCUT2D eigenvalue weighted by Gasteiger charge is -2.21. The maximum absolute atomic E-state index is 12.3. The summed E-state index contributed by atoms with van der Waals surface area (Å²) >= 11 is 0. The second-order valence-electron chi connectivity index (χ2n) is 4.25. The van der Waals surface area contributed by atoms with Gasteiger partial charge in [0.05, 0.1) is 12.1 Å². The second kappa shape index (κ2) is 5.51. The van der Waals surface area contributed by atoms with Gasteiger partial charge in [-0.25, -0.2) is 9.97 Å². The average molecular weight is 260 g/mol. The fraction of sp³-hybridized carbons (Fsp3) is 0.636. The molecule has 0 unspecified atom stereocenters. The summed E-state index contributed by atoms with van der Waals surface area (Å²) in [5.74, 6) is 0.577. The fourth-order valence-electron chi connectivity index (χ4n) is 1.94. The molecule has 0 saturated carbocycles. The molecule has 18 heavy (non-hydrogen) atoms. The Hall–Kier alpha value is -1.37. The molecule has 0 bridgehead atoms. The van der Waals surface area contributed by atoms with Crippen LogP contribution in [0.5, 0.6) is 0 Å². The van der Waals surface area contributed by atoms with Crippen molar-refractivity contribution in [2.75, 3.05) is 31.1 Å². The zero-order chi connectivity index (χ0) is 13.0. The summed E-state index contributed by atoms with van der Waals surface area (Å²) in [6, 6.07) is 1.43. The van der Waals surface area contributed by atoms with Crippen molar-refractivity contribution < 1.29 is 13.2 Å². The maximum Gasteiger partial charge on any atom is 0.394 e. The van der Waals surface area contributed by atoms with Crippen molar-refractivity contribution in [1.82, 2.24) is 15.3 Å². The van der Waals surface area contributed by atoms with Crippen molar-refractivity contribution in [3.8, 4) is 0 Å². The number of alkyl halides is 3. The van der Waals surface area contributed by atoms with Gasteiger partial charge in [0.2, 0.25) is 0 Å². The molecule has 0 spiro atoms. The van der Waals surface area contributed by atoms with Gasteiger partial charge in [0.1, 0.15) is 12.1 Å². The van der Waals surface area contributed by atoms with Crippen LogP contribution in [-0.4, -0.2) is 42.3 Å². The fourth-order valence-corrected chi connectivity index (χ4v) is 1.94. The Bertz CT molecular complexity index is 386. The monoisotopic (exact) mass is 260 g/mol. The Morgan fingerprint density at radius 1 is 1.22 bits per heavy atom. The van der Waals surface area contributed by atoms with E-state index in [9.17, 15) is 13.2 Å². The third kappa shape index (κ3) is 3.83. The van der Waals surface area contributed by atoms with E-state index in [1.54, 1.807) is 0 Å². The van der Waals surface area contributed by atoms with Gasteiger partial charge in [0, 0.05) is 25.7 Å². The zero-order valence-corrected chi connectivity index (χ0v) is 9.87. The number of aromatic nitrogens is 2. The van der Waals surface area contributed by atoms with E-state index in [4.69, 9.17) is 0 Å². The van der Waals surface area contributed by atoms with Gasteiger partial charge in [-0.05, 0) is 13.0 Å². The van der Waals surface area contributed by atoms with Crippen molar-refractivity contribution in [2.24, 2.45) is 0 Å². The quantitative estimate of drug-likeness (QED) is 0.872. The Balaban J connectivity index is 2.10. The van der Waals surface area contributed by atoms with E-state index in [1.807, 2.05) is 4.90 Å². The largest absolute Gasteiger partial charge is 0.394 e. The van der Waals surface area contributed by atoms with Gasteiger partial charge in [-0.3, -0.25) is 0 Å². The number of halogens is 3. The van der Waals surface area contributed by atoms with Gasteiger partial charge >= 0.3 is 6.18 Å². The van der Waals surface area contributed by atoms with Crippen LogP contribution in [0.2, 0.25) is 0 Å². The first kappa shape index (κ1) is 13.1. The molecule has 0 aromatic carbocycles. The molecule has 2 rings (SSSR count). The van der Waals surface area contributed by atoms with Crippen LogP contribution in [0, 0.1) is 0 Å². The maximum atomic E-state index is 12.3. The van der Waals surface area contributed by atoms with Crippen LogP contribution >= 0.6 is 0 Å². The summed E-state index contributed by atoms with van der Waals surface area (Å²) in [6.07, 6.45) is -3.08. The first-order chi connectivity index (χ1) is 8.54. The van der Waals surface area contributed by atoms with Gasteiger partial charge < -0.3 is 10.2 Å². The Kier molecular flexibility index (Phi) is 4.00. The molecule has 1 N–H and O–H groups in total. The predicted octanol–water partition coefficient (Wildman–Crippen LogP) is 1.38. The SMILES string of the molecule is FC(F)(F)Cc1cc(N2CCCNCC2)ncn1. The van der Waals surface area contributed by atoms with Crippen LogP contribution in [0.3, 0.4) is 0 Å². The highest BCUT2D eigenvalue weighted by molar-refractivity contribution is 5.39. The van der Waals surface area contributed by atoms with Crippen LogP contribution < -0.4 is 10.2 Å². The van der Waals surface area contributed by atoms with Crippen molar-refractivity contribution in [3.05, 3.63) is 18.1 Å². The molecule has 100 valence electrons. The summed E-state index contributed by atoms with van der Waals surface area (Å²) in [7, 11) is 0. The molecule has 1 saturated heterocycles. The molecular weight excluding hydrogens is 245 g/mol. The summed E-state index contributed by atoms with van der Waals surface area (Å²) in [5.41, 5.74) is 0.0182. The highest BCUT2D eigenvalue weighted by Gasteiger charge is 2.28. The lowest BCUT2D eigenvalue weighted by Crippen LogP contribution is -2.28. The normalized spacial score (nSPS) is 17.6. The van der Waals surface area contributed by atoms with Gasteiger partial charge in [-0.15, -0.1) is 0 Å². The molecule has 2 heterocycles. The standard InChI is InChI=1S/C11H15F3N4/c12-11(13,14)7-9-6-10(17-8-16-9)18-4-1-2-15-3-5-18/h6,8,15H,1-5,7H2. The zero-order valence-electron chi connectivity index (χ0n) is 9.87. The van der Waals surface area contributed by atoms with E-state index in [2.05, 4.69) is 15.3 Å². The number of rotatable bonds is 2. The first-order valence-electron chi connectivity index (χ1n) is 5.88. The molecule has 1 aromatic rings. The summed E-state index contributed by atoms with van der Waals surface area (Å²) in [5, 5.41) is 3.23. The molecule has 4 nitrogen and oxygen atoms in total. The van der Waals surface area contributed by atoms with Crippen molar-refractivity contribution in [2.45, 2.75) is 19.0 Å². The van der Waals surface area contributed by atoms with Gasteiger partial charge in [-0.1, -0.05) is 0 Å². The smallest absolute Gasteiger partial charge is 0.355 e. The minimum absolute atomic E-state index is 0.0182. The summed E-state index contributed by atoms with van der Waals surface area (Å²) in [4.78, 5) is 9.71. The lowest BCUT2D eigenvalue weighted by molar-refractivity contribution is -0.127. The number of hydrogen-bond donors (Lipinski definition) is 1. The topological polar surface area (TPSA) is 41.0 Å². The highest BCUT2D eigenvalue weighted by atomic mass is 19.4. The third-order valence-electron chi connectivity index (χ3n) is 2.75. The highest BCUT2D eigenvalue weighted by Crippen LogP contribution is 2.21. The van der Waals surface area contributed by atoms with Gasteiger partial charge in [0.25, 0.3) is 0 Å². The number of nitrogens with one attached hydrogen (secondary N) is 1. The molecule has 0 atom stereocenters. The third-order valence-corrected chi connectivity index (χ3v) is 2.75. The van der Waals surface area contributed by atoms with E-state index in [0.717, 1.165) is 32.6 Å². The Morgan fingerprint density at radius 2 is 2.06 bits per heavy atom. The van der Waals surface area contributed by atoms with Crippen molar-refractivity contribution >= 4 is 5.82 Å². The van der Waals surface area contributed by atoms with Crippen molar-refractivity contribution in [3.63, 3.8) is 0 Å². The number of anilines is 1. The van der Waals surface area contributed by atoms with Crippen LogP contribution in [0.25, 0.3) is 0 Å². The molecule has 1 fully saturated rings. The lowest BCUT2D eigenvalue weighted by atomic mass is 10.2. The summed E-state index contributed by atoms with van der Waals surface area (Å²) < 4.78 is 36.9. The molecule has 0 aliphatic carbocycles. The van der Waals surface area contributed by atoms with Crippen LogP contribution in [-0.2, 0) is 6.42 Å². The Morgan fingerprint density at radius 3 is 2.83 bits per heavy atom. The average Bonchev–Trinajstić information content (AvgIpc) is 2.55. The molecular formula is C11H15F3N4. The van der Waals surface area contributed by atoms with Crippen LogP contribution in [0.15, 0.2) is 12.4 Å². The molecule has 1 aliphatic rings. The molecule has 1 aromatic heterocycles. The minimum atomic E-state index is -4.23. The van der Waals surface area contributed by atoms with Gasteiger partial charge in [-0.2, -0.15) is 13.2 Å². The predicted molar refractivity (Wildman–Crippen MR) is 61.5 cm³/mol. The van der Waals surface area contributed by atoms with Crippen molar-refractivity contribution in [1.29, 1.82) is 0 Å². The van der Waals surface area contributed by atoms with E-state index in [-0.39, 0.29) is 5.69 Å². The minimum Gasteiger partial charge on any atom is -0.355 e. The molecule has 1 aliphatic heterocycles. The number of hydrogen-bond acceptors (Lipinski definition) is 4. The first-order valence-corrected chi connectivity index (χ1v) is 5.88. The number of nitrogens with zero attached hydrogens (tertiary/aromatic N) is 3. The van der Waals surface area contributed by atoms with E-state index in [1.165, 1.54) is 12.4 Å². The molecule has 7 heteroatoms. The van der Waals surface area contributed by atoms with E-state index < -0.39 is 12.6 Å². The van der Waals surface area contributed by atoms with Gasteiger partial charge in [0.15, 0.2) is 0 Å². The second-order valence-corrected chi connectivity index (χ2v) is 4.25. The molecule has 0 amide bonds. The van der Waals surface area contributed by atoms with E-state index in [0.29, 0.717) is 5.82 Å². The summed E-state index contributed by atoms with van der Waals surface area (Å²) in [6.45, 7) is 3.30. The Labute approximate surface area is 103 Å². The van der Waals surface area contributed by atoms with Crippen LogP contribution in [0.4, 0.5) is 19.0 Å². The molecule has 0 radical (unpaired) electrons.